The van der Waals surface area contributed by atoms with Crippen molar-refractivity contribution in [3.63, 3.8) is 0 Å². The average Bonchev–Trinajstić information content (AvgIpc) is 3.33. The zero-order valence-electron chi connectivity index (χ0n) is 20.7. The van der Waals surface area contributed by atoms with Gasteiger partial charge in [-0.3, -0.25) is 14.4 Å². The van der Waals surface area contributed by atoms with Gasteiger partial charge in [-0.1, -0.05) is 32.0 Å². The molecule has 6 atom stereocenters. The summed E-state index contributed by atoms with van der Waals surface area (Å²) in [5, 5.41) is 16.1. The molecule has 3 heterocycles. The quantitative estimate of drug-likeness (QED) is 0.539. The Balaban J connectivity index is 1.75. The first-order valence-corrected chi connectivity index (χ1v) is 12.3. The van der Waals surface area contributed by atoms with Crippen LogP contribution in [0.3, 0.4) is 0 Å². The summed E-state index contributed by atoms with van der Waals surface area (Å²) in [6.45, 7) is 9.40. The van der Waals surface area contributed by atoms with E-state index in [4.69, 9.17) is 4.74 Å². The molecular weight excluding hydrogens is 434 g/mol. The fourth-order valence-electron chi connectivity index (χ4n) is 6.38. The highest BCUT2D eigenvalue weighted by atomic mass is 16.5. The van der Waals surface area contributed by atoms with Gasteiger partial charge >= 0.3 is 0 Å². The molecule has 0 radical (unpaired) electrons. The number of rotatable bonds is 8. The van der Waals surface area contributed by atoms with Gasteiger partial charge in [0, 0.05) is 11.7 Å². The average molecular weight is 472 g/mol. The molecule has 1 aromatic carbocycles. The molecule has 2 unspecified atom stereocenters. The number of likely N-dealkylation sites (tertiary alicyclic amines) is 1. The zero-order chi connectivity index (χ0) is 24.8. The fraction of sp³-hybridized carbons (Fsp3) is 0.654. The highest BCUT2D eigenvalue weighted by Gasteiger charge is 2.78. The lowest BCUT2D eigenvalue weighted by molar-refractivity contribution is -0.149. The van der Waals surface area contributed by atoms with Gasteiger partial charge in [0.25, 0.3) is 0 Å². The Hall–Kier alpha value is -2.45. The summed E-state index contributed by atoms with van der Waals surface area (Å²) in [6.07, 6.45) is 1.65. The van der Waals surface area contributed by atoms with Crippen LogP contribution < -0.4 is 10.6 Å². The molecule has 0 saturated carbocycles. The number of hydrogen-bond acceptors (Lipinski definition) is 5. The van der Waals surface area contributed by atoms with Gasteiger partial charge < -0.3 is 25.4 Å². The van der Waals surface area contributed by atoms with Gasteiger partial charge in [-0.25, -0.2) is 0 Å². The number of carbonyl (C=O) groups excluding carboxylic acids is 3. The van der Waals surface area contributed by atoms with E-state index in [9.17, 15) is 19.5 Å². The second-order valence-corrected chi connectivity index (χ2v) is 11.0. The second kappa shape index (κ2) is 8.96. The van der Waals surface area contributed by atoms with Crippen molar-refractivity contribution < 1.29 is 24.2 Å². The minimum atomic E-state index is -1.09. The number of amides is 3. The Kier molecular flexibility index (Phi) is 6.50. The van der Waals surface area contributed by atoms with Gasteiger partial charge in [0.05, 0.1) is 30.1 Å². The van der Waals surface area contributed by atoms with Crippen LogP contribution in [0.4, 0.5) is 5.69 Å². The third-order valence-electron chi connectivity index (χ3n) is 7.57. The monoisotopic (exact) mass is 471 g/mol. The lowest BCUT2D eigenvalue weighted by Gasteiger charge is -2.38. The predicted octanol–water partition coefficient (Wildman–Crippen LogP) is 2.32. The molecule has 8 heteroatoms. The van der Waals surface area contributed by atoms with Crippen molar-refractivity contribution in [2.75, 3.05) is 11.9 Å². The van der Waals surface area contributed by atoms with Crippen LogP contribution in [0.25, 0.3) is 0 Å². The topological polar surface area (TPSA) is 108 Å². The Morgan fingerprint density at radius 2 is 1.82 bits per heavy atom. The molecule has 3 aliphatic heterocycles. The Labute approximate surface area is 201 Å². The van der Waals surface area contributed by atoms with Crippen molar-refractivity contribution in [1.82, 2.24) is 10.2 Å². The van der Waals surface area contributed by atoms with E-state index in [1.165, 1.54) is 4.90 Å². The van der Waals surface area contributed by atoms with Gasteiger partial charge in [0.1, 0.15) is 11.6 Å². The molecule has 186 valence electrons. The number of nitrogens with zero attached hydrogens (tertiary/aromatic N) is 1. The van der Waals surface area contributed by atoms with Crippen LogP contribution in [0.2, 0.25) is 0 Å². The van der Waals surface area contributed by atoms with Crippen molar-refractivity contribution >= 4 is 23.4 Å². The fourth-order valence-corrected chi connectivity index (χ4v) is 6.38. The van der Waals surface area contributed by atoms with Crippen LogP contribution in [0.1, 0.15) is 53.9 Å². The minimum absolute atomic E-state index is 0.121. The molecule has 0 aliphatic carbocycles. The van der Waals surface area contributed by atoms with E-state index >= 15 is 0 Å². The number of para-hydroxylation sites is 1. The van der Waals surface area contributed by atoms with Crippen LogP contribution in [0, 0.1) is 17.8 Å². The number of hydrogen-bond donors (Lipinski definition) is 3. The first-order valence-electron chi connectivity index (χ1n) is 12.3. The Morgan fingerprint density at radius 3 is 2.41 bits per heavy atom. The lowest BCUT2D eigenvalue weighted by Crippen LogP contribution is -2.59. The van der Waals surface area contributed by atoms with Crippen molar-refractivity contribution in [2.24, 2.45) is 17.8 Å². The summed E-state index contributed by atoms with van der Waals surface area (Å²) in [4.78, 5) is 42.7. The standard InChI is InChI=1S/C26H37N3O5/c1-15(2)13-18(14-30)29-21(23(32)27-16(3)4)26-12-11-25(5,34-26)19(20(26)24(29)33)22(31)28-17-9-7-6-8-10-17/h6-10,15-16,18-21,30H,11-14H2,1-5H3,(H,27,32)(H,28,31)/t18-,19-,20+,21?,25+,26?/m1/s1. The van der Waals surface area contributed by atoms with E-state index in [2.05, 4.69) is 10.6 Å². The normalized spacial score (nSPS) is 32.9. The molecule has 3 aliphatic rings. The molecule has 1 spiro atoms. The number of fused-ring (bicyclic) bond motifs is 1. The molecule has 4 rings (SSSR count). The number of aliphatic hydroxyl groups is 1. The molecule has 1 aromatic rings. The van der Waals surface area contributed by atoms with Crippen LogP contribution in [0.15, 0.2) is 30.3 Å². The zero-order valence-corrected chi connectivity index (χ0v) is 20.7. The summed E-state index contributed by atoms with van der Waals surface area (Å²) in [5.41, 5.74) is -1.28. The number of nitrogens with one attached hydrogen (secondary N) is 2. The molecule has 34 heavy (non-hydrogen) atoms. The summed E-state index contributed by atoms with van der Waals surface area (Å²) in [7, 11) is 0. The van der Waals surface area contributed by atoms with Crippen molar-refractivity contribution in [3.8, 4) is 0 Å². The number of aliphatic hydroxyl groups excluding tert-OH is 1. The van der Waals surface area contributed by atoms with Gasteiger partial charge in [0.15, 0.2) is 0 Å². The van der Waals surface area contributed by atoms with E-state index in [1.807, 2.05) is 52.8 Å². The molecular formula is C26H37N3O5. The molecule has 3 fully saturated rings. The Morgan fingerprint density at radius 1 is 1.15 bits per heavy atom. The largest absolute Gasteiger partial charge is 0.394 e. The number of carbonyl (C=O) groups is 3. The Bertz CT molecular complexity index is 951. The van der Waals surface area contributed by atoms with E-state index < -0.39 is 35.1 Å². The SMILES string of the molecule is CC(C)C[C@H](CO)N1C(=O)[C@@H]2[C@H](C(=O)Nc3ccccc3)[C@]3(C)CCC2(O3)C1C(=O)NC(C)C. The molecule has 2 bridgehead atoms. The maximum Gasteiger partial charge on any atom is 0.246 e. The third kappa shape index (κ3) is 3.90. The van der Waals surface area contributed by atoms with Crippen LogP contribution in [-0.2, 0) is 19.1 Å². The van der Waals surface area contributed by atoms with Gasteiger partial charge in [0.2, 0.25) is 17.7 Å². The van der Waals surface area contributed by atoms with Gasteiger partial charge in [-0.2, -0.15) is 0 Å². The van der Waals surface area contributed by atoms with E-state index in [0.717, 1.165) is 0 Å². The van der Waals surface area contributed by atoms with Crippen molar-refractivity contribution in [2.45, 2.75) is 83.2 Å². The summed E-state index contributed by atoms with van der Waals surface area (Å²) >= 11 is 0. The lowest BCUT2D eigenvalue weighted by atomic mass is 9.66. The first-order chi connectivity index (χ1) is 16.0. The van der Waals surface area contributed by atoms with Gasteiger partial charge in [-0.05, 0) is 58.1 Å². The smallest absolute Gasteiger partial charge is 0.246 e. The third-order valence-corrected chi connectivity index (χ3v) is 7.57. The molecule has 3 amide bonds. The van der Waals surface area contributed by atoms with Gasteiger partial charge in [-0.15, -0.1) is 0 Å². The van der Waals surface area contributed by atoms with Crippen molar-refractivity contribution in [1.29, 1.82) is 0 Å². The highest BCUT2D eigenvalue weighted by Crippen LogP contribution is 2.63. The molecule has 3 N–H and O–H groups in total. The van der Waals surface area contributed by atoms with E-state index in [1.54, 1.807) is 12.1 Å². The molecule has 3 saturated heterocycles. The summed E-state index contributed by atoms with van der Waals surface area (Å²) < 4.78 is 6.59. The maximum atomic E-state index is 14.0. The summed E-state index contributed by atoms with van der Waals surface area (Å²) in [6, 6.07) is 7.61. The minimum Gasteiger partial charge on any atom is -0.394 e. The molecule has 0 aromatic heterocycles. The van der Waals surface area contributed by atoms with Crippen LogP contribution in [-0.4, -0.2) is 63.7 Å². The van der Waals surface area contributed by atoms with E-state index in [0.29, 0.717) is 24.9 Å². The number of anilines is 1. The highest BCUT2D eigenvalue weighted by molar-refractivity contribution is 6.02. The first kappa shape index (κ1) is 24.7. The number of ether oxygens (including phenoxy) is 1. The second-order valence-electron chi connectivity index (χ2n) is 11.0. The van der Waals surface area contributed by atoms with Crippen LogP contribution in [0.5, 0.6) is 0 Å². The predicted molar refractivity (Wildman–Crippen MR) is 128 cm³/mol. The van der Waals surface area contributed by atoms with E-state index in [-0.39, 0.29) is 36.3 Å². The van der Waals surface area contributed by atoms with Crippen molar-refractivity contribution in [3.05, 3.63) is 30.3 Å². The summed E-state index contributed by atoms with van der Waals surface area (Å²) in [5.74, 6) is -2.14. The molecule has 8 nitrogen and oxygen atoms in total. The number of benzene rings is 1. The maximum absolute atomic E-state index is 14.0. The van der Waals surface area contributed by atoms with Crippen LogP contribution >= 0.6 is 0 Å².